The minimum Gasteiger partial charge on any atom is -0.435 e. The third-order valence-electron chi connectivity index (χ3n) is 3.97. The molecule has 28 heavy (non-hydrogen) atoms. The van der Waals surface area contributed by atoms with Crippen LogP contribution in [-0.4, -0.2) is 38.8 Å². The van der Waals surface area contributed by atoms with Gasteiger partial charge in [-0.1, -0.05) is 19.4 Å². The van der Waals surface area contributed by atoms with E-state index in [1.54, 1.807) is 0 Å². The molecule has 0 unspecified atom stereocenters. The van der Waals surface area contributed by atoms with Crippen LogP contribution in [-0.2, 0) is 10.0 Å². The Hall–Kier alpha value is -2.52. The molecule has 0 fully saturated rings. The van der Waals surface area contributed by atoms with Crippen molar-refractivity contribution in [2.45, 2.75) is 31.3 Å². The molecule has 6 nitrogen and oxygen atoms in total. The molecule has 9 heteroatoms. The standard InChI is InChI=1S/C19H22F2N2O4S/c1-3-4-12-23(2)28(25,26)17-10-8-15(9-11-17)22-18(24)14-6-5-7-16(13-14)27-19(20)21/h5-11,13,19H,3-4,12H2,1-2H3,(H,22,24). The van der Waals surface area contributed by atoms with Crippen LogP contribution < -0.4 is 10.1 Å². The van der Waals surface area contributed by atoms with Crippen molar-refractivity contribution in [3.63, 3.8) is 0 Å². The first kappa shape index (κ1) is 21.8. The highest BCUT2D eigenvalue weighted by Gasteiger charge is 2.20. The molecule has 0 saturated carbocycles. The van der Waals surface area contributed by atoms with Crippen molar-refractivity contribution < 1.29 is 26.7 Å². The van der Waals surface area contributed by atoms with Gasteiger partial charge in [-0.05, 0) is 48.9 Å². The number of hydrogen-bond donors (Lipinski definition) is 1. The van der Waals surface area contributed by atoms with Crippen molar-refractivity contribution in [2.24, 2.45) is 0 Å². The van der Waals surface area contributed by atoms with Gasteiger partial charge < -0.3 is 10.1 Å². The molecule has 0 aliphatic heterocycles. The quantitative estimate of drug-likeness (QED) is 0.676. The van der Waals surface area contributed by atoms with Crippen LogP contribution in [0.2, 0.25) is 0 Å². The van der Waals surface area contributed by atoms with Crippen LogP contribution in [0.3, 0.4) is 0 Å². The van der Waals surface area contributed by atoms with Gasteiger partial charge >= 0.3 is 6.61 Å². The number of sulfonamides is 1. The van der Waals surface area contributed by atoms with Crippen molar-refractivity contribution in [2.75, 3.05) is 18.9 Å². The molecule has 2 rings (SSSR count). The van der Waals surface area contributed by atoms with E-state index in [1.165, 1.54) is 59.9 Å². The summed E-state index contributed by atoms with van der Waals surface area (Å²) >= 11 is 0. The summed E-state index contributed by atoms with van der Waals surface area (Å²) in [6, 6.07) is 11.1. The highest BCUT2D eigenvalue weighted by atomic mass is 32.2. The first-order chi connectivity index (χ1) is 13.2. The van der Waals surface area contributed by atoms with Gasteiger partial charge in [-0.3, -0.25) is 4.79 Å². The van der Waals surface area contributed by atoms with Gasteiger partial charge in [-0.25, -0.2) is 12.7 Å². The smallest absolute Gasteiger partial charge is 0.387 e. The van der Waals surface area contributed by atoms with Crippen molar-refractivity contribution in [1.82, 2.24) is 4.31 Å². The number of amides is 1. The number of rotatable bonds is 9. The van der Waals surface area contributed by atoms with Crippen LogP contribution in [0.25, 0.3) is 0 Å². The second kappa shape index (κ2) is 9.61. The van der Waals surface area contributed by atoms with E-state index < -0.39 is 22.5 Å². The van der Waals surface area contributed by atoms with Crippen LogP contribution in [0.1, 0.15) is 30.1 Å². The maximum absolute atomic E-state index is 12.5. The Balaban J connectivity index is 2.09. The zero-order valence-electron chi connectivity index (χ0n) is 15.6. The zero-order valence-corrected chi connectivity index (χ0v) is 16.4. The predicted molar refractivity (Wildman–Crippen MR) is 102 cm³/mol. The Bertz CT molecular complexity index is 902. The summed E-state index contributed by atoms with van der Waals surface area (Å²) in [7, 11) is -2.07. The van der Waals surface area contributed by atoms with E-state index in [4.69, 9.17) is 0 Å². The van der Waals surface area contributed by atoms with Crippen molar-refractivity contribution in [1.29, 1.82) is 0 Å². The van der Waals surface area contributed by atoms with E-state index in [0.29, 0.717) is 12.2 Å². The average Bonchev–Trinajstić information content (AvgIpc) is 2.66. The van der Waals surface area contributed by atoms with Crippen LogP contribution >= 0.6 is 0 Å². The second-order valence-electron chi connectivity index (χ2n) is 6.06. The van der Waals surface area contributed by atoms with Crippen LogP contribution in [0, 0.1) is 0 Å². The monoisotopic (exact) mass is 412 g/mol. The molecule has 0 aromatic heterocycles. The highest BCUT2D eigenvalue weighted by Crippen LogP contribution is 2.20. The molecule has 0 aliphatic carbocycles. The Morgan fingerprint density at radius 1 is 1.18 bits per heavy atom. The van der Waals surface area contributed by atoms with E-state index in [2.05, 4.69) is 10.1 Å². The fourth-order valence-corrected chi connectivity index (χ4v) is 3.62. The first-order valence-corrected chi connectivity index (χ1v) is 10.1. The maximum Gasteiger partial charge on any atom is 0.387 e. The summed E-state index contributed by atoms with van der Waals surface area (Å²) in [5, 5.41) is 2.59. The van der Waals surface area contributed by atoms with E-state index in [9.17, 15) is 22.0 Å². The number of carbonyl (C=O) groups excluding carboxylic acids is 1. The Morgan fingerprint density at radius 3 is 2.46 bits per heavy atom. The predicted octanol–water partition coefficient (Wildman–Crippen LogP) is 3.96. The summed E-state index contributed by atoms with van der Waals surface area (Å²) in [4.78, 5) is 12.4. The van der Waals surface area contributed by atoms with E-state index in [-0.39, 0.29) is 16.2 Å². The Labute approximate surface area is 163 Å². The van der Waals surface area contributed by atoms with Crippen molar-refractivity contribution >= 4 is 21.6 Å². The number of ether oxygens (including phenoxy) is 1. The molecule has 1 N–H and O–H groups in total. The van der Waals surface area contributed by atoms with E-state index in [0.717, 1.165) is 12.8 Å². The number of anilines is 1. The maximum atomic E-state index is 12.5. The second-order valence-corrected chi connectivity index (χ2v) is 8.11. The topological polar surface area (TPSA) is 75.7 Å². The SMILES string of the molecule is CCCCN(C)S(=O)(=O)c1ccc(NC(=O)c2cccc(OC(F)F)c2)cc1. The first-order valence-electron chi connectivity index (χ1n) is 8.66. The number of benzene rings is 2. The number of alkyl halides is 2. The number of halogens is 2. The lowest BCUT2D eigenvalue weighted by atomic mass is 10.2. The van der Waals surface area contributed by atoms with Gasteiger partial charge in [0.1, 0.15) is 5.75 Å². The summed E-state index contributed by atoms with van der Waals surface area (Å²) in [6.45, 7) is -0.579. The number of nitrogens with zero attached hydrogens (tertiary/aromatic N) is 1. The zero-order chi connectivity index (χ0) is 20.7. The molecule has 0 saturated heterocycles. The normalized spacial score (nSPS) is 11.6. The number of nitrogens with one attached hydrogen (secondary N) is 1. The number of carbonyl (C=O) groups is 1. The highest BCUT2D eigenvalue weighted by molar-refractivity contribution is 7.89. The fraction of sp³-hybridized carbons (Fsp3) is 0.316. The van der Waals surface area contributed by atoms with Crippen LogP contribution in [0.15, 0.2) is 53.4 Å². The van der Waals surface area contributed by atoms with Gasteiger partial charge in [0.25, 0.3) is 5.91 Å². The van der Waals surface area contributed by atoms with Gasteiger partial charge in [0, 0.05) is 24.8 Å². The average molecular weight is 412 g/mol. The fourth-order valence-electron chi connectivity index (χ4n) is 2.41. The molecule has 2 aromatic carbocycles. The molecule has 0 aliphatic rings. The van der Waals surface area contributed by atoms with Crippen LogP contribution in [0.5, 0.6) is 5.75 Å². The molecule has 0 spiro atoms. The number of unbranched alkanes of at least 4 members (excludes halogenated alkanes) is 1. The minimum atomic E-state index is -3.59. The molecule has 2 aromatic rings. The summed E-state index contributed by atoms with van der Waals surface area (Å²) in [6.07, 6.45) is 1.65. The van der Waals surface area contributed by atoms with Crippen molar-refractivity contribution in [3.05, 3.63) is 54.1 Å². The lowest BCUT2D eigenvalue weighted by Gasteiger charge is -2.17. The lowest BCUT2D eigenvalue weighted by molar-refractivity contribution is -0.0498. The number of hydrogen-bond acceptors (Lipinski definition) is 4. The molecular formula is C19H22F2N2O4S. The van der Waals surface area contributed by atoms with Crippen molar-refractivity contribution in [3.8, 4) is 5.75 Å². The van der Waals surface area contributed by atoms with Gasteiger partial charge in [0.15, 0.2) is 0 Å². The largest absolute Gasteiger partial charge is 0.435 e. The summed E-state index contributed by atoms with van der Waals surface area (Å²) in [5.74, 6) is -0.658. The Morgan fingerprint density at radius 2 is 1.86 bits per heavy atom. The van der Waals surface area contributed by atoms with E-state index in [1.807, 2.05) is 6.92 Å². The molecule has 0 bridgehead atoms. The molecule has 1 amide bonds. The third kappa shape index (κ3) is 5.74. The van der Waals surface area contributed by atoms with Gasteiger partial charge in [0.05, 0.1) is 4.90 Å². The van der Waals surface area contributed by atoms with Gasteiger partial charge in [-0.2, -0.15) is 8.78 Å². The van der Waals surface area contributed by atoms with Gasteiger partial charge in [0.2, 0.25) is 10.0 Å². The third-order valence-corrected chi connectivity index (χ3v) is 5.84. The summed E-state index contributed by atoms with van der Waals surface area (Å²) in [5.41, 5.74) is 0.509. The minimum absolute atomic E-state index is 0.122. The molecule has 152 valence electrons. The molecular weight excluding hydrogens is 390 g/mol. The Kier molecular flexibility index (Phi) is 7.47. The summed E-state index contributed by atoms with van der Waals surface area (Å²) < 4.78 is 55.1. The van der Waals surface area contributed by atoms with E-state index >= 15 is 0 Å². The van der Waals surface area contributed by atoms with Gasteiger partial charge in [-0.15, -0.1) is 0 Å². The molecule has 0 atom stereocenters. The molecule has 0 radical (unpaired) electrons. The lowest BCUT2D eigenvalue weighted by Crippen LogP contribution is -2.27. The van der Waals surface area contributed by atoms with Crippen LogP contribution in [0.4, 0.5) is 14.5 Å². The molecule has 0 heterocycles.